The van der Waals surface area contributed by atoms with Crippen LogP contribution in [0.5, 0.6) is 5.75 Å². The lowest BCUT2D eigenvalue weighted by Gasteiger charge is -2.32. The van der Waals surface area contributed by atoms with Crippen molar-refractivity contribution in [3.8, 4) is 5.75 Å². The van der Waals surface area contributed by atoms with Gasteiger partial charge < -0.3 is 14.6 Å². The van der Waals surface area contributed by atoms with Gasteiger partial charge in [-0.3, -0.25) is 0 Å². The first-order valence-corrected chi connectivity index (χ1v) is 8.25. The Balaban J connectivity index is 1.65. The van der Waals surface area contributed by atoms with Crippen molar-refractivity contribution in [1.29, 1.82) is 0 Å². The van der Waals surface area contributed by atoms with E-state index in [-0.39, 0.29) is 6.10 Å². The topological polar surface area (TPSA) is 38.7 Å². The number of ether oxygens (including phenoxy) is 2. The molecule has 0 aliphatic heterocycles. The predicted molar refractivity (Wildman–Crippen MR) is 82.4 cm³/mol. The van der Waals surface area contributed by atoms with Crippen molar-refractivity contribution in [3.63, 3.8) is 0 Å². The van der Waals surface area contributed by atoms with E-state index in [1.165, 1.54) is 32.1 Å². The smallest absolute Gasteiger partial charge is 0.119 e. The molecule has 1 aromatic rings. The van der Waals surface area contributed by atoms with Gasteiger partial charge in [-0.2, -0.15) is 0 Å². The molecule has 2 atom stereocenters. The molecule has 3 rings (SSSR count). The maximum absolute atomic E-state index is 10.7. The van der Waals surface area contributed by atoms with Gasteiger partial charge in [0.1, 0.15) is 11.9 Å². The first-order valence-electron chi connectivity index (χ1n) is 8.25. The van der Waals surface area contributed by atoms with Crippen molar-refractivity contribution in [1.82, 2.24) is 0 Å². The zero-order valence-corrected chi connectivity index (χ0v) is 12.8. The van der Waals surface area contributed by atoms with Crippen LogP contribution in [0.2, 0.25) is 0 Å². The molecule has 3 nitrogen and oxygen atoms in total. The van der Waals surface area contributed by atoms with Gasteiger partial charge in [-0.1, -0.05) is 31.4 Å². The zero-order chi connectivity index (χ0) is 14.7. The Morgan fingerprint density at radius 3 is 2.24 bits per heavy atom. The molecule has 1 aromatic carbocycles. The van der Waals surface area contributed by atoms with Crippen LogP contribution in [0.3, 0.4) is 0 Å². The maximum Gasteiger partial charge on any atom is 0.119 e. The van der Waals surface area contributed by atoms with Crippen LogP contribution in [-0.4, -0.2) is 24.4 Å². The third-order valence-corrected chi connectivity index (χ3v) is 4.75. The van der Waals surface area contributed by atoms with Crippen LogP contribution in [0.4, 0.5) is 0 Å². The minimum absolute atomic E-state index is 0.0968. The number of hydrogen-bond acceptors (Lipinski definition) is 3. The fourth-order valence-electron chi connectivity index (χ4n) is 3.35. The van der Waals surface area contributed by atoms with Crippen molar-refractivity contribution in [2.24, 2.45) is 5.92 Å². The average Bonchev–Trinajstić information content (AvgIpc) is 3.34. The van der Waals surface area contributed by atoms with Crippen LogP contribution in [0.1, 0.15) is 56.6 Å². The van der Waals surface area contributed by atoms with Crippen molar-refractivity contribution in [2.75, 3.05) is 7.11 Å². The third kappa shape index (κ3) is 3.78. The van der Waals surface area contributed by atoms with Crippen LogP contribution < -0.4 is 4.74 Å². The molecule has 3 heteroatoms. The van der Waals surface area contributed by atoms with Gasteiger partial charge in [0, 0.05) is 7.11 Å². The molecule has 116 valence electrons. The van der Waals surface area contributed by atoms with Crippen molar-refractivity contribution in [2.45, 2.75) is 63.3 Å². The highest BCUT2D eigenvalue weighted by Crippen LogP contribution is 2.35. The summed E-state index contributed by atoms with van der Waals surface area (Å²) in [5.74, 6) is 1.38. The maximum atomic E-state index is 10.7. The fraction of sp³-hybridized carbons (Fsp3) is 0.667. The van der Waals surface area contributed by atoms with E-state index >= 15 is 0 Å². The van der Waals surface area contributed by atoms with Gasteiger partial charge in [0.15, 0.2) is 0 Å². The molecule has 2 aliphatic rings. The monoisotopic (exact) mass is 290 g/mol. The lowest BCUT2D eigenvalue weighted by Crippen LogP contribution is -2.31. The molecule has 0 spiro atoms. The van der Waals surface area contributed by atoms with E-state index in [4.69, 9.17) is 9.47 Å². The second kappa shape index (κ2) is 6.80. The number of methoxy groups -OCH3 is 1. The average molecular weight is 290 g/mol. The minimum Gasteiger partial charge on any atom is -0.490 e. The summed E-state index contributed by atoms with van der Waals surface area (Å²) in [5.41, 5.74) is 0.926. The highest BCUT2D eigenvalue weighted by atomic mass is 16.5. The highest BCUT2D eigenvalue weighted by Gasteiger charge is 2.30. The molecule has 1 N–H and O–H groups in total. The molecule has 0 radical (unpaired) electrons. The van der Waals surface area contributed by atoms with Gasteiger partial charge in [0.25, 0.3) is 0 Å². The molecule has 0 saturated heterocycles. The molecule has 21 heavy (non-hydrogen) atoms. The normalized spacial score (nSPS) is 22.8. The third-order valence-electron chi connectivity index (χ3n) is 4.75. The van der Waals surface area contributed by atoms with E-state index in [0.717, 1.165) is 24.2 Å². The highest BCUT2D eigenvalue weighted by molar-refractivity contribution is 5.29. The predicted octanol–water partition coefficient (Wildman–Crippen LogP) is 3.86. The van der Waals surface area contributed by atoms with Crippen LogP contribution in [-0.2, 0) is 4.74 Å². The summed E-state index contributed by atoms with van der Waals surface area (Å²) in [4.78, 5) is 0. The van der Waals surface area contributed by atoms with Crippen LogP contribution in [0.15, 0.2) is 24.3 Å². The van der Waals surface area contributed by atoms with Gasteiger partial charge in [-0.05, 0) is 49.3 Å². The second-order valence-electron chi connectivity index (χ2n) is 6.43. The molecule has 2 fully saturated rings. The summed E-state index contributed by atoms with van der Waals surface area (Å²) >= 11 is 0. The summed E-state index contributed by atoms with van der Waals surface area (Å²) in [6.45, 7) is 0. The van der Waals surface area contributed by atoms with Gasteiger partial charge in [0.2, 0.25) is 0 Å². The number of benzene rings is 1. The molecular formula is C18H26O3. The molecular weight excluding hydrogens is 264 g/mol. The Kier molecular flexibility index (Phi) is 4.81. The molecule has 0 bridgehead atoms. The SMILES string of the molecule is COC(C1CCCCC1)C(O)c1ccc(OC2CC2)cc1. The first kappa shape index (κ1) is 14.9. The van der Waals surface area contributed by atoms with E-state index in [1.807, 2.05) is 24.3 Å². The molecule has 2 saturated carbocycles. The lowest BCUT2D eigenvalue weighted by atomic mass is 9.82. The van der Waals surface area contributed by atoms with Gasteiger partial charge in [-0.15, -0.1) is 0 Å². The van der Waals surface area contributed by atoms with E-state index in [2.05, 4.69) is 0 Å². The van der Waals surface area contributed by atoms with Gasteiger partial charge in [0.05, 0.1) is 12.2 Å². The quantitative estimate of drug-likeness (QED) is 0.864. The summed E-state index contributed by atoms with van der Waals surface area (Å²) in [6.07, 6.45) is 8.25. The summed E-state index contributed by atoms with van der Waals surface area (Å²) in [7, 11) is 1.72. The minimum atomic E-state index is -0.548. The Morgan fingerprint density at radius 1 is 1.00 bits per heavy atom. The van der Waals surface area contributed by atoms with Crippen molar-refractivity contribution >= 4 is 0 Å². The van der Waals surface area contributed by atoms with Crippen LogP contribution in [0, 0.1) is 5.92 Å². The van der Waals surface area contributed by atoms with Crippen LogP contribution in [0.25, 0.3) is 0 Å². The number of aliphatic hydroxyl groups excluding tert-OH is 1. The standard InChI is InChI=1S/C18H26O3/c1-20-18(14-5-3-2-4-6-14)17(19)13-7-9-15(10-8-13)21-16-11-12-16/h7-10,14,16-19H,2-6,11-12H2,1H3. The van der Waals surface area contributed by atoms with E-state index in [1.54, 1.807) is 7.11 Å². The lowest BCUT2D eigenvalue weighted by molar-refractivity contribution is -0.0559. The Hall–Kier alpha value is -1.06. The molecule has 2 unspecified atom stereocenters. The summed E-state index contributed by atoms with van der Waals surface area (Å²) in [5, 5.41) is 10.7. The van der Waals surface area contributed by atoms with Gasteiger partial charge in [-0.25, -0.2) is 0 Å². The molecule has 0 amide bonds. The fourth-order valence-corrected chi connectivity index (χ4v) is 3.35. The van der Waals surface area contributed by atoms with Gasteiger partial charge >= 0.3 is 0 Å². The molecule has 0 aromatic heterocycles. The second-order valence-corrected chi connectivity index (χ2v) is 6.43. The Labute approximate surface area is 127 Å². The van der Waals surface area contributed by atoms with E-state index in [0.29, 0.717) is 12.0 Å². The zero-order valence-electron chi connectivity index (χ0n) is 12.8. The largest absolute Gasteiger partial charge is 0.490 e. The van der Waals surface area contributed by atoms with E-state index in [9.17, 15) is 5.11 Å². The Morgan fingerprint density at radius 2 is 1.67 bits per heavy atom. The molecule has 2 aliphatic carbocycles. The molecule has 0 heterocycles. The van der Waals surface area contributed by atoms with Crippen molar-refractivity contribution < 1.29 is 14.6 Å². The summed E-state index contributed by atoms with van der Waals surface area (Å²) < 4.78 is 11.4. The number of hydrogen-bond donors (Lipinski definition) is 1. The van der Waals surface area contributed by atoms with E-state index < -0.39 is 6.10 Å². The summed E-state index contributed by atoms with van der Waals surface area (Å²) in [6, 6.07) is 7.86. The Bertz CT molecular complexity index is 432. The number of aliphatic hydroxyl groups is 1. The number of rotatable bonds is 6. The van der Waals surface area contributed by atoms with Crippen molar-refractivity contribution in [3.05, 3.63) is 29.8 Å². The van der Waals surface area contributed by atoms with Crippen LogP contribution >= 0.6 is 0 Å². The first-order chi connectivity index (χ1) is 10.3.